The number of imidazole rings is 1. The number of aromatic nitrogens is 2. The molecule has 1 heterocycles. The molecule has 0 atom stereocenters. The molecule has 2 nitrogen and oxygen atoms in total. The van der Waals surface area contributed by atoms with Gasteiger partial charge in [-0.3, -0.25) is 0 Å². The predicted molar refractivity (Wildman–Crippen MR) is 77.6 cm³/mol. The maximum Gasteiger partial charge on any atom is 0.123 e. The molecule has 19 heavy (non-hydrogen) atoms. The summed E-state index contributed by atoms with van der Waals surface area (Å²) in [6.07, 6.45) is 1.55. The van der Waals surface area contributed by atoms with Crippen LogP contribution >= 0.6 is 15.9 Å². The lowest BCUT2D eigenvalue weighted by Crippen LogP contribution is -1.93. The second-order valence-corrected chi connectivity index (χ2v) is 5.39. The van der Waals surface area contributed by atoms with Crippen molar-refractivity contribution in [1.29, 1.82) is 0 Å². The summed E-state index contributed by atoms with van der Waals surface area (Å²) in [7, 11) is 0. The number of aromatic amines is 1. The Balaban J connectivity index is 1.78. The van der Waals surface area contributed by atoms with Gasteiger partial charge in [0.05, 0.1) is 11.0 Å². The van der Waals surface area contributed by atoms with Gasteiger partial charge in [0.2, 0.25) is 0 Å². The SMILES string of the molecule is Fc1cccc(CCc2nc3ccc(Br)cc3[nH]2)c1. The zero-order valence-corrected chi connectivity index (χ0v) is 11.7. The van der Waals surface area contributed by atoms with Crippen molar-refractivity contribution < 1.29 is 4.39 Å². The van der Waals surface area contributed by atoms with Gasteiger partial charge >= 0.3 is 0 Å². The minimum Gasteiger partial charge on any atom is -0.342 e. The van der Waals surface area contributed by atoms with Crippen LogP contribution in [0.4, 0.5) is 4.39 Å². The number of halogens is 2. The third kappa shape index (κ3) is 2.84. The van der Waals surface area contributed by atoms with Crippen LogP contribution in [0.25, 0.3) is 11.0 Å². The molecule has 3 rings (SSSR count). The van der Waals surface area contributed by atoms with Crippen molar-refractivity contribution >= 4 is 27.0 Å². The van der Waals surface area contributed by atoms with E-state index in [1.807, 2.05) is 24.3 Å². The number of nitrogens with one attached hydrogen (secondary N) is 1. The van der Waals surface area contributed by atoms with E-state index in [0.29, 0.717) is 0 Å². The maximum atomic E-state index is 13.1. The largest absolute Gasteiger partial charge is 0.342 e. The normalized spacial score (nSPS) is 11.1. The van der Waals surface area contributed by atoms with E-state index in [2.05, 4.69) is 25.9 Å². The van der Waals surface area contributed by atoms with Crippen molar-refractivity contribution in [2.75, 3.05) is 0 Å². The maximum absolute atomic E-state index is 13.1. The van der Waals surface area contributed by atoms with Gasteiger partial charge in [0.1, 0.15) is 11.6 Å². The molecule has 0 fully saturated rings. The monoisotopic (exact) mass is 318 g/mol. The minimum absolute atomic E-state index is 0.189. The minimum atomic E-state index is -0.189. The third-order valence-corrected chi connectivity index (χ3v) is 3.53. The van der Waals surface area contributed by atoms with Crippen LogP contribution in [0.15, 0.2) is 46.9 Å². The van der Waals surface area contributed by atoms with Gasteiger partial charge in [-0.2, -0.15) is 0 Å². The Kier molecular flexibility index (Phi) is 3.34. The van der Waals surface area contributed by atoms with Crippen molar-refractivity contribution in [3.8, 4) is 0 Å². The number of hydrogen-bond acceptors (Lipinski definition) is 1. The van der Waals surface area contributed by atoms with Crippen LogP contribution in [0, 0.1) is 5.82 Å². The Morgan fingerprint density at radius 1 is 1.11 bits per heavy atom. The molecule has 0 radical (unpaired) electrons. The Morgan fingerprint density at radius 3 is 2.84 bits per heavy atom. The molecule has 4 heteroatoms. The fourth-order valence-corrected chi connectivity index (χ4v) is 2.47. The first kappa shape index (κ1) is 12.4. The molecular formula is C15H12BrFN2. The first-order chi connectivity index (χ1) is 9.20. The standard InChI is InChI=1S/C15H12BrFN2/c16-11-5-6-13-14(9-11)19-15(18-13)7-4-10-2-1-3-12(17)8-10/h1-3,5-6,8-9H,4,7H2,(H,18,19). The number of aryl methyl sites for hydroxylation is 2. The number of H-pyrrole nitrogens is 1. The highest BCUT2D eigenvalue weighted by molar-refractivity contribution is 9.10. The van der Waals surface area contributed by atoms with Gasteiger partial charge in [0, 0.05) is 10.9 Å². The van der Waals surface area contributed by atoms with Crippen molar-refractivity contribution in [2.45, 2.75) is 12.8 Å². The average molecular weight is 319 g/mol. The summed E-state index contributed by atoms with van der Waals surface area (Å²) in [4.78, 5) is 7.81. The molecule has 0 saturated heterocycles. The Morgan fingerprint density at radius 2 is 2.00 bits per heavy atom. The van der Waals surface area contributed by atoms with Crippen molar-refractivity contribution in [3.63, 3.8) is 0 Å². The highest BCUT2D eigenvalue weighted by Gasteiger charge is 2.04. The number of nitrogens with zero attached hydrogens (tertiary/aromatic N) is 1. The fourth-order valence-electron chi connectivity index (χ4n) is 2.11. The van der Waals surface area contributed by atoms with Crippen molar-refractivity contribution in [3.05, 3.63) is 64.1 Å². The first-order valence-electron chi connectivity index (χ1n) is 6.09. The summed E-state index contributed by atoms with van der Waals surface area (Å²) >= 11 is 3.44. The number of fused-ring (bicyclic) bond motifs is 1. The van der Waals surface area contributed by atoms with E-state index in [9.17, 15) is 4.39 Å². The molecule has 2 aromatic carbocycles. The van der Waals surface area contributed by atoms with E-state index >= 15 is 0 Å². The van der Waals surface area contributed by atoms with E-state index in [1.54, 1.807) is 12.1 Å². The number of rotatable bonds is 3. The fraction of sp³-hybridized carbons (Fsp3) is 0.133. The van der Waals surface area contributed by atoms with Gasteiger partial charge in [-0.15, -0.1) is 0 Å². The summed E-state index contributed by atoms with van der Waals surface area (Å²) in [5.41, 5.74) is 2.96. The number of hydrogen-bond donors (Lipinski definition) is 1. The highest BCUT2D eigenvalue weighted by atomic mass is 79.9. The summed E-state index contributed by atoms with van der Waals surface area (Å²) in [6, 6.07) is 12.7. The predicted octanol–water partition coefficient (Wildman–Crippen LogP) is 4.25. The van der Waals surface area contributed by atoms with E-state index < -0.39 is 0 Å². The molecule has 3 aromatic rings. The third-order valence-electron chi connectivity index (χ3n) is 3.03. The van der Waals surface area contributed by atoms with Gasteiger partial charge in [-0.05, 0) is 42.3 Å². The molecule has 0 aliphatic heterocycles. The second-order valence-electron chi connectivity index (χ2n) is 4.47. The van der Waals surface area contributed by atoms with E-state index in [1.165, 1.54) is 6.07 Å². The quantitative estimate of drug-likeness (QED) is 0.768. The second kappa shape index (κ2) is 5.13. The molecule has 0 amide bonds. The van der Waals surface area contributed by atoms with E-state index in [-0.39, 0.29) is 5.82 Å². The van der Waals surface area contributed by atoms with Gasteiger partial charge in [0.25, 0.3) is 0 Å². The van der Waals surface area contributed by atoms with Gasteiger partial charge in [-0.25, -0.2) is 9.37 Å². The summed E-state index contributed by atoms with van der Waals surface area (Å²) in [5, 5.41) is 0. The van der Waals surface area contributed by atoms with Gasteiger partial charge < -0.3 is 4.98 Å². The van der Waals surface area contributed by atoms with Crippen LogP contribution in [-0.2, 0) is 12.8 Å². The molecule has 0 aliphatic carbocycles. The van der Waals surface area contributed by atoms with Crippen LogP contribution in [0.2, 0.25) is 0 Å². The smallest absolute Gasteiger partial charge is 0.123 e. The van der Waals surface area contributed by atoms with Crippen LogP contribution in [0.5, 0.6) is 0 Å². The van der Waals surface area contributed by atoms with E-state index in [4.69, 9.17) is 0 Å². The summed E-state index contributed by atoms with van der Waals surface area (Å²) < 4.78 is 14.1. The molecule has 0 aliphatic rings. The Hall–Kier alpha value is -1.68. The molecule has 1 aromatic heterocycles. The van der Waals surface area contributed by atoms with Crippen LogP contribution in [0.3, 0.4) is 0 Å². The Labute approximate surface area is 118 Å². The molecule has 0 bridgehead atoms. The summed E-state index contributed by atoms with van der Waals surface area (Å²) in [5.74, 6) is 0.739. The molecule has 96 valence electrons. The lowest BCUT2D eigenvalue weighted by Gasteiger charge is -1.99. The summed E-state index contributed by atoms with van der Waals surface area (Å²) in [6.45, 7) is 0. The van der Waals surface area contributed by atoms with Gasteiger partial charge in [0.15, 0.2) is 0 Å². The highest BCUT2D eigenvalue weighted by Crippen LogP contribution is 2.18. The van der Waals surface area contributed by atoms with Crippen LogP contribution in [0.1, 0.15) is 11.4 Å². The first-order valence-corrected chi connectivity index (χ1v) is 6.88. The molecular weight excluding hydrogens is 307 g/mol. The zero-order valence-electron chi connectivity index (χ0n) is 10.2. The lowest BCUT2D eigenvalue weighted by atomic mass is 10.1. The van der Waals surface area contributed by atoms with Crippen molar-refractivity contribution in [2.24, 2.45) is 0 Å². The molecule has 0 spiro atoms. The van der Waals surface area contributed by atoms with Gasteiger partial charge in [-0.1, -0.05) is 28.1 Å². The number of benzene rings is 2. The van der Waals surface area contributed by atoms with E-state index in [0.717, 1.165) is 39.7 Å². The van der Waals surface area contributed by atoms with Crippen LogP contribution in [-0.4, -0.2) is 9.97 Å². The molecule has 0 saturated carbocycles. The average Bonchev–Trinajstić information content (AvgIpc) is 2.78. The van der Waals surface area contributed by atoms with Crippen molar-refractivity contribution in [1.82, 2.24) is 9.97 Å². The Bertz CT molecular complexity index is 721. The molecule has 0 unspecified atom stereocenters. The van der Waals surface area contributed by atoms with Crippen LogP contribution < -0.4 is 0 Å². The molecule has 1 N–H and O–H groups in total. The zero-order chi connectivity index (χ0) is 13.2. The lowest BCUT2D eigenvalue weighted by molar-refractivity contribution is 0.625. The topological polar surface area (TPSA) is 28.7 Å².